The molecule has 0 aliphatic rings. The molecule has 0 atom stereocenters. The molecular formula is C21H18ClN5O3S. The average molecular weight is 456 g/mol. The maximum absolute atomic E-state index is 12.7. The summed E-state index contributed by atoms with van der Waals surface area (Å²) in [5.41, 5.74) is 2.65. The fourth-order valence-electron chi connectivity index (χ4n) is 3.02. The van der Waals surface area contributed by atoms with E-state index < -0.39 is 0 Å². The molecule has 0 spiro atoms. The third kappa shape index (κ3) is 4.52. The number of hydrogen-bond donors (Lipinski definition) is 1. The smallest absolute Gasteiger partial charge is 0.230 e. The van der Waals surface area contributed by atoms with Crippen LogP contribution in [0, 0.1) is 0 Å². The topological polar surface area (TPSA) is 91.2 Å². The van der Waals surface area contributed by atoms with Gasteiger partial charge in [-0.2, -0.15) is 5.10 Å². The van der Waals surface area contributed by atoms with Crippen molar-refractivity contribution < 1.29 is 14.3 Å². The maximum atomic E-state index is 12.7. The van der Waals surface area contributed by atoms with E-state index in [1.54, 1.807) is 32.4 Å². The predicted octanol–water partition coefficient (Wildman–Crippen LogP) is 4.24. The summed E-state index contributed by atoms with van der Waals surface area (Å²) in [6.45, 7) is 0. The Morgan fingerprint density at radius 2 is 2.03 bits per heavy atom. The van der Waals surface area contributed by atoms with Gasteiger partial charge in [0.25, 0.3) is 0 Å². The van der Waals surface area contributed by atoms with Gasteiger partial charge in [-0.15, -0.1) is 11.3 Å². The number of aromatic nitrogens is 4. The van der Waals surface area contributed by atoms with Crippen molar-refractivity contribution in [2.75, 3.05) is 19.5 Å². The van der Waals surface area contributed by atoms with Gasteiger partial charge in [0.2, 0.25) is 5.91 Å². The van der Waals surface area contributed by atoms with E-state index in [-0.39, 0.29) is 12.3 Å². The van der Waals surface area contributed by atoms with Gasteiger partial charge in [0.05, 0.1) is 37.0 Å². The van der Waals surface area contributed by atoms with Crippen LogP contribution in [0.15, 0.2) is 54.4 Å². The highest BCUT2D eigenvalue weighted by molar-refractivity contribution is 7.13. The van der Waals surface area contributed by atoms with Crippen LogP contribution in [0.25, 0.3) is 16.3 Å². The second-order valence-corrected chi connectivity index (χ2v) is 7.68. The maximum Gasteiger partial charge on any atom is 0.230 e. The van der Waals surface area contributed by atoms with Crippen LogP contribution >= 0.6 is 22.9 Å². The molecule has 0 aliphatic carbocycles. The Kier molecular flexibility index (Phi) is 6.15. The van der Waals surface area contributed by atoms with E-state index >= 15 is 0 Å². The molecule has 0 unspecified atom stereocenters. The molecule has 0 bridgehead atoms. The Bertz CT molecular complexity index is 1210. The summed E-state index contributed by atoms with van der Waals surface area (Å²) in [5.74, 6) is 1.05. The van der Waals surface area contributed by atoms with Crippen molar-refractivity contribution in [3.05, 3.63) is 65.1 Å². The first-order valence-corrected chi connectivity index (χ1v) is 10.4. The molecule has 4 aromatic rings. The number of carbonyl (C=O) groups is 1. The van der Waals surface area contributed by atoms with Crippen LogP contribution in [-0.2, 0) is 11.2 Å². The number of halogens is 1. The molecule has 2 aromatic heterocycles. The van der Waals surface area contributed by atoms with Crippen LogP contribution < -0.4 is 14.8 Å². The third-order valence-electron chi connectivity index (χ3n) is 4.43. The largest absolute Gasteiger partial charge is 0.493 e. The summed E-state index contributed by atoms with van der Waals surface area (Å²) >= 11 is 7.77. The van der Waals surface area contributed by atoms with E-state index in [0.29, 0.717) is 33.6 Å². The number of para-hydroxylation sites is 1. The first-order valence-electron chi connectivity index (χ1n) is 9.19. The number of amides is 1. The van der Waals surface area contributed by atoms with Crippen LogP contribution in [0.1, 0.15) is 5.69 Å². The Labute approximate surface area is 187 Å². The number of thiazole rings is 1. The van der Waals surface area contributed by atoms with E-state index in [2.05, 4.69) is 20.4 Å². The van der Waals surface area contributed by atoms with Gasteiger partial charge in [-0.25, -0.2) is 14.6 Å². The van der Waals surface area contributed by atoms with E-state index in [9.17, 15) is 4.79 Å². The molecule has 0 saturated heterocycles. The molecule has 1 N–H and O–H groups in total. The zero-order chi connectivity index (χ0) is 21.8. The van der Waals surface area contributed by atoms with E-state index in [0.717, 1.165) is 10.6 Å². The third-order valence-corrected chi connectivity index (χ3v) is 5.68. The zero-order valence-electron chi connectivity index (χ0n) is 16.7. The van der Waals surface area contributed by atoms with Crippen molar-refractivity contribution in [3.63, 3.8) is 0 Å². The highest BCUT2D eigenvalue weighted by atomic mass is 35.5. The van der Waals surface area contributed by atoms with Crippen molar-refractivity contribution in [2.45, 2.75) is 6.42 Å². The Morgan fingerprint density at radius 1 is 1.19 bits per heavy atom. The molecule has 4 rings (SSSR count). The lowest BCUT2D eigenvalue weighted by Gasteiger charge is -2.12. The summed E-state index contributed by atoms with van der Waals surface area (Å²) in [7, 11) is 3.18. The lowest BCUT2D eigenvalue weighted by Crippen LogP contribution is -2.16. The van der Waals surface area contributed by atoms with Crippen molar-refractivity contribution in [1.29, 1.82) is 0 Å². The summed E-state index contributed by atoms with van der Waals surface area (Å²) in [6.07, 6.45) is 3.04. The monoisotopic (exact) mass is 455 g/mol. The molecular weight excluding hydrogens is 438 g/mol. The minimum Gasteiger partial charge on any atom is -0.493 e. The van der Waals surface area contributed by atoms with Crippen molar-refractivity contribution >= 4 is 34.5 Å². The fraction of sp³-hybridized carbons (Fsp3) is 0.143. The number of hydrogen-bond acceptors (Lipinski definition) is 7. The molecule has 2 aromatic carbocycles. The van der Waals surface area contributed by atoms with Gasteiger partial charge in [0, 0.05) is 10.9 Å². The number of rotatable bonds is 7. The van der Waals surface area contributed by atoms with E-state index in [1.165, 1.54) is 28.7 Å². The van der Waals surface area contributed by atoms with Crippen molar-refractivity contribution in [1.82, 2.24) is 19.7 Å². The molecule has 31 heavy (non-hydrogen) atoms. The Balaban J connectivity index is 1.50. The summed E-state index contributed by atoms with van der Waals surface area (Å²) in [5, 5.41) is 10.1. The Morgan fingerprint density at radius 3 is 2.77 bits per heavy atom. The fourth-order valence-corrected chi connectivity index (χ4v) is 4.10. The van der Waals surface area contributed by atoms with Crippen molar-refractivity contribution in [2.24, 2.45) is 0 Å². The number of ether oxygens (including phenoxy) is 2. The van der Waals surface area contributed by atoms with Crippen LogP contribution in [0.4, 0.5) is 5.69 Å². The van der Waals surface area contributed by atoms with E-state index in [1.807, 2.05) is 23.6 Å². The van der Waals surface area contributed by atoms with Gasteiger partial charge in [-0.1, -0.05) is 17.7 Å². The first-order chi connectivity index (χ1) is 15.1. The normalized spacial score (nSPS) is 10.7. The summed E-state index contributed by atoms with van der Waals surface area (Å²) in [4.78, 5) is 21.2. The summed E-state index contributed by atoms with van der Waals surface area (Å²) < 4.78 is 12.1. The number of nitrogens with zero attached hydrogens (tertiary/aromatic N) is 4. The highest BCUT2D eigenvalue weighted by Crippen LogP contribution is 2.34. The van der Waals surface area contributed by atoms with Gasteiger partial charge >= 0.3 is 0 Å². The lowest BCUT2D eigenvalue weighted by atomic mass is 10.2. The van der Waals surface area contributed by atoms with Crippen LogP contribution in [0.5, 0.6) is 11.5 Å². The zero-order valence-corrected chi connectivity index (χ0v) is 18.3. The molecule has 158 valence electrons. The van der Waals surface area contributed by atoms with Gasteiger partial charge in [-0.3, -0.25) is 4.79 Å². The molecule has 8 nitrogen and oxygen atoms in total. The van der Waals surface area contributed by atoms with Gasteiger partial charge < -0.3 is 14.8 Å². The SMILES string of the molecule is COc1ccc(-c2nc(CC(=O)Nc3cccc(Cl)c3-n3cncn3)cs2)cc1OC. The number of nitrogens with one attached hydrogen (secondary N) is 1. The van der Waals surface area contributed by atoms with Crippen LogP contribution in [-0.4, -0.2) is 39.9 Å². The average Bonchev–Trinajstić information content (AvgIpc) is 3.46. The van der Waals surface area contributed by atoms with E-state index in [4.69, 9.17) is 21.1 Å². The van der Waals surface area contributed by atoms with Gasteiger partial charge in [0.1, 0.15) is 23.3 Å². The van der Waals surface area contributed by atoms with Gasteiger partial charge in [0.15, 0.2) is 11.5 Å². The summed E-state index contributed by atoms with van der Waals surface area (Å²) in [6, 6.07) is 10.8. The Hall–Kier alpha value is -3.43. The van der Waals surface area contributed by atoms with Crippen molar-refractivity contribution in [3.8, 4) is 27.8 Å². The lowest BCUT2D eigenvalue weighted by molar-refractivity contribution is -0.115. The molecule has 10 heteroatoms. The number of anilines is 1. The standard InChI is InChI=1S/C21H18ClN5O3S/c1-29-17-7-6-13(8-18(17)30-2)21-25-14(10-31-21)9-19(28)26-16-5-3-4-15(22)20(16)27-12-23-11-24-27/h3-8,10-12H,9H2,1-2H3,(H,26,28). The van der Waals surface area contributed by atoms with Crippen LogP contribution in [0.2, 0.25) is 5.02 Å². The molecule has 0 aliphatic heterocycles. The minimum absolute atomic E-state index is 0.118. The second kappa shape index (κ2) is 9.15. The highest BCUT2D eigenvalue weighted by Gasteiger charge is 2.15. The number of methoxy groups -OCH3 is 2. The molecule has 0 fully saturated rings. The van der Waals surface area contributed by atoms with Crippen LogP contribution in [0.3, 0.4) is 0 Å². The second-order valence-electron chi connectivity index (χ2n) is 6.41. The first kappa shape index (κ1) is 20.8. The van der Waals surface area contributed by atoms with Gasteiger partial charge in [-0.05, 0) is 30.3 Å². The number of benzene rings is 2. The molecule has 0 radical (unpaired) electrons. The predicted molar refractivity (Wildman–Crippen MR) is 119 cm³/mol. The molecule has 2 heterocycles. The quantitative estimate of drug-likeness (QED) is 0.448. The molecule has 1 amide bonds. The molecule has 0 saturated carbocycles. The minimum atomic E-state index is -0.215. The number of carbonyl (C=O) groups excluding carboxylic acids is 1.